The smallest absolute Gasteiger partial charge is 0.246 e. The van der Waals surface area contributed by atoms with Crippen LogP contribution in [0.15, 0.2) is 0 Å². The van der Waals surface area contributed by atoms with Crippen molar-refractivity contribution in [3.63, 3.8) is 0 Å². The predicted molar refractivity (Wildman–Crippen MR) is 81.2 cm³/mol. The fraction of sp³-hybridized carbons (Fsp3) is 0.875. The molecular weight excluding hydrogens is 252 g/mol. The number of carbonyl (C=O) groups is 2. The summed E-state index contributed by atoms with van der Waals surface area (Å²) in [5, 5.41) is 2.87. The second-order valence-electron chi connectivity index (χ2n) is 6.71. The number of nitrogens with one attached hydrogen (secondary N) is 1. The summed E-state index contributed by atoms with van der Waals surface area (Å²) >= 11 is 0. The quantitative estimate of drug-likeness (QED) is 0.814. The Bertz CT molecular complexity index is 354. The number of hydrogen-bond acceptors (Lipinski definition) is 2. The molecule has 1 aliphatic rings. The third-order valence-corrected chi connectivity index (χ3v) is 4.29. The van der Waals surface area contributed by atoms with Crippen LogP contribution < -0.4 is 5.32 Å². The highest BCUT2D eigenvalue weighted by Crippen LogP contribution is 2.22. The standard InChI is InChI=1S/C16H30N2O2/c1-7-11(4)9-12(5)18-13(6)15(19)17-14(16(18)20)8-10(2)3/h10-14H,7-9H2,1-6H3,(H,17,19). The van der Waals surface area contributed by atoms with Crippen LogP contribution in [0, 0.1) is 11.8 Å². The van der Waals surface area contributed by atoms with Gasteiger partial charge in [-0.1, -0.05) is 34.1 Å². The third-order valence-electron chi connectivity index (χ3n) is 4.29. The maximum Gasteiger partial charge on any atom is 0.246 e. The zero-order valence-electron chi connectivity index (χ0n) is 13.8. The fourth-order valence-electron chi connectivity index (χ4n) is 2.94. The van der Waals surface area contributed by atoms with Gasteiger partial charge in [0.05, 0.1) is 0 Å². The number of piperazine rings is 1. The summed E-state index contributed by atoms with van der Waals surface area (Å²) < 4.78 is 0. The van der Waals surface area contributed by atoms with Crippen molar-refractivity contribution in [2.24, 2.45) is 11.8 Å². The van der Waals surface area contributed by atoms with E-state index in [4.69, 9.17) is 0 Å². The van der Waals surface area contributed by atoms with Gasteiger partial charge in [-0.2, -0.15) is 0 Å². The van der Waals surface area contributed by atoms with Crippen LogP contribution in [0.25, 0.3) is 0 Å². The van der Waals surface area contributed by atoms with E-state index in [9.17, 15) is 9.59 Å². The largest absolute Gasteiger partial charge is 0.343 e. The van der Waals surface area contributed by atoms with Crippen molar-refractivity contribution in [1.82, 2.24) is 10.2 Å². The number of rotatable bonds is 6. The summed E-state index contributed by atoms with van der Waals surface area (Å²) in [4.78, 5) is 26.5. The summed E-state index contributed by atoms with van der Waals surface area (Å²) in [5.41, 5.74) is 0. The minimum Gasteiger partial charge on any atom is -0.343 e. The van der Waals surface area contributed by atoms with Gasteiger partial charge in [0.1, 0.15) is 12.1 Å². The van der Waals surface area contributed by atoms with Crippen molar-refractivity contribution >= 4 is 11.8 Å². The normalized spacial score (nSPS) is 26.6. The molecule has 4 atom stereocenters. The van der Waals surface area contributed by atoms with E-state index in [2.05, 4.69) is 39.9 Å². The van der Waals surface area contributed by atoms with Gasteiger partial charge in [-0.3, -0.25) is 9.59 Å². The molecule has 4 heteroatoms. The summed E-state index contributed by atoms with van der Waals surface area (Å²) in [6, 6.07) is -0.587. The molecule has 20 heavy (non-hydrogen) atoms. The minimum atomic E-state index is -0.357. The first-order valence-corrected chi connectivity index (χ1v) is 7.90. The van der Waals surface area contributed by atoms with Crippen LogP contribution in [0.3, 0.4) is 0 Å². The lowest BCUT2D eigenvalue weighted by Crippen LogP contribution is -2.64. The molecule has 1 N–H and O–H groups in total. The van der Waals surface area contributed by atoms with Gasteiger partial charge in [0.25, 0.3) is 0 Å². The van der Waals surface area contributed by atoms with E-state index in [1.165, 1.54) is 0 Å². The number of carbonyl (C=O) groups excluding carboxylic acids is 2. The second-order valence-corrected chi connectivity index (χ2v) is 6.71. The van der Waals surface area contributed by atoms with Crippen molar-refractivity contribution < 1.29 is 9.59 Å². The van der Waals surface area contributed by atoms with Crippen LogP contribution in [0.1, 0.15) is 60.8 Å². The van der Waals surface area contributed by atoms with Crippen molar-refractivity contribution in [3.8, 4) is 0 Å². The zero-order valence-corrected chi connectivity index (χ0v) is 13.8. The summed E-state index contributed by atoms with van der Waals surface area (Å²) in [7, 11) is 0. The molecule has 1 heterocycles. The van der Waals surface area contributed by atoms with Gasteiger partial charge in [0, 0.05) is 6.04 Å². The first kappa shape index (κ1) is 17.0. The Balaban J connectivity index is 2.84. The first-order chi connectivity index (χ1) is 9.27. The number of amides is 2. The molecule has 4 unspecified atom stereocenters. The molecule has 4 nitrogen and oxygen atoms in total. The Hall–Kier alpha value is -1.06. The maximum absolute atomic E-state index is 12.6. The van der Waals surface area contributed by atoms with Crippen molar-refractivity contribution in [3.05, 3.63) is 0 Å². The summed E-state index contributed by atoms with van der Waals surface area (Å²) in [5.74, 6) is 1.02. The van der Waals surface area contributed by atoms with E-state index in [-0.39, 0.29) is 29.9 Å². The summed E-state index contributed by atoms with van der Waals surface area (Å²) in [6.07, 6.45) is 2.76. The molecule has 1 saturated heterocycles. The molecule has 2 amide bonds. The highest BCUT2D eigenvalue weighted by Gasteiger charge is 2.40. The van der Waals surface area contributed by atoms with Crippen LogP contribution in [0.2, 0.25) is 0 Å². The van der Waals surface area contributed by atoms with Crippen molar-refractivity contribution in [2.45, 2.75) is 78.9 Å². The number of hydrogen-bond donors (Lipinski definition) is 1. The van der Waals surface area contributed by atoms with Crippen LogP contribution in [0.4, 0.5) is 0 Å². The molecule has 0 bridgehead atoms. The van der Waals surface area contributed by atoms with Gasteiger partial charge in [0.15, 0.2) is 0 Å². The monoisotopic (exact) mass is 282 g/mol. The van der Waals surface area contributed by atoms with Crippen LogP contribution in [-0.2, 0) is 9.59 Å². The Labute approximate surface area is 123 Å². The average molecular weight is 282 g/mol. The van der Waals surface area contributed by atoms with E-state index < -0.39 is 0 Å². The van der Waals surface area contributed by atoms with Crippen molar-refractivity contribution in [1.29, 1.82) is 0 Å². The average Bonchev–Trinajstić information content (AvgIpc) is 2.35. The van der Waals surface area contributed by atoms with Gasteiger partial charge >= 0.3 is 0 Å². The molecular formula is C16H30N2O2. The second kappa shape index (κ2) is 7.09. The van der Waals surface area contributed by atoms with Gasteiger partial charge < -0.3 is 10.2 Å². The van der Waals surface area contributed by atoms with E-state index in [1.807, 2.05) is 6.92 Å². The molecule has 1 rings (SSSR count). The molecule has 1 aliphatic heterocycles. The lowest BCUT2D eigenvalue weighted by atomic mass is 9.94. The lowest BCUT2D eigenvalue weighted by Gasteiger charge is -2.42. The molecule has 0 saturated carbocycles. The Morgan fingerprint density at radius 2 is 1.80 bits per heavy atom. The number of nitrogens with zero attached hydrogens (tertiary/aromatic N) is 1. The van der Waals surface area contributed by atoms with Crippen molar-refractivity contribution in [2.75, 3.05) is 0 Å². The third kappa shape index (κ3) is 3.97. The van der Waals surface area contributed by atoms with Crippen LogP contribution in [-0.4, -0.2) is 34.8 Å². The predicted octanol–water partition coefficient (Wildman–Crippen LogP) is 2.57. The van der Waals surface area contributed by atoms with E-state index in [0.717, 1.165) is 12.8 Å². The first-order valence-electron chi connectivity index (χ1n) is 7.90. The molecule has 0 aromatic carbocycles. The van der Waals surface area contributed by atoms with Gasteiger partial charge in [-0.05, 0) is 38.5 Å². The van der Waals surface area contributed by atoms with E-state index in [0.29, 0.717) is 18.3 Å². The minimum absolute atomic E-state index is 0.0220. The molecule has 1 fully saturated rings. The molecule has 0 aliphatic carbocycles. The van der Waals surface area contributed by atoms with Gasteiger partial charge in [-0.25, -0.2) is 0 Å². The molecule has 0 aromatic heterocycles. The van der Waals surface area contributed by atoms with Crippen LogP contribution >= 0.6 is 0 Å². The van der Waals surface area contributed by atoms with Gasteiger partial charge in [0.2, 0.25) is 11.8 Å². The van der Waals surface area contributed by atoms with E-state index >= 15 is 0 Å². The molecule has 116 valence electrons. The molecule has 0 spiro atoms. The van der Waals surface area contributed by atoms with Crippen LogP contribution in [0.5, 0.6) is 0 Å². The summed E-state index contributed by atoms with van der Waals surface area (Å²) in [6.45, 7) is 12.4. The SMILES string of the molecule is CCC(C)CC(C)N1C(=O)C(CC(C)C)NC(=O)C1C. The van der Waals surface area contributed by atoms with Gasteiger partial charge in [-0.15, -0.1) is 0 Å². The Morgan fingerprint density at radius 3 is 2.30 bits per heavy atom. The molecule has 0 radical (unpaired) electrons. The Kier molecular flexibility index (Phi) is 6.03. The molecule has 0 aromatic rings. The highest BCUT2D eigenvalue weighted by atomic mass is 16.2. The lowest BCUT2D eigenvalue weighted by molar-refractivity contribution is -0.151. The van der Waals surface area contributed by atoms with E-state index in [1.54, 1.807) is 4.90 Å². The maximum atomic E-state index is 12.6. The zero-order chi connectivity index (χ0) is 15.4. The highest BCUT2D eigenvalue weighted by molar-refractivity contribution is 5.96. The fourth-order valence-corrected chi connectivity index (χ4v) is 2.94. The topological polar surface area (TPSA) is 49.4 Å². The Morgan fingerprint density at radius 1 is 1.20 bits per heavy atom.